The second kappa shape index (κ2) is 2.76. The number of halogens is 1. The van der Waals surface area contributed by atoms with E-state index in [0.717, 1.165) is 17.8 Å². The predicted molar refractivity (Wildman–Crippen MR) is 58.3 cm³/mol. The molecule has 73 valence electrons. The van der Waals surface area contributed by atoms with E-state index in [-0.39, 0.29) is 0 Å². The van der Waals surface area contributed by atoms with Crippen molar-refractivity contribution in [1.82, 2.24) is 0 Å². The molecule has 4 bridgehead atoms. The maximum Gasteiger partial charge on any atom is 0.168 e. The van der Waals surface area contributed by atoms with E-state index in [1.54, 1.807) is 19.3 Å². The van der Waals surface area contributed by atoms with Gasteiger partial charge >= 0.3 is 0 Å². The highest BCUT2D eigenvalue weighted by molar-refractivity contribution is 7.07. The molecule has 2 heteroatoms. The molecular formula is C11H18ClSi. The van der Waals surface area contributed by atoms with Crippen molar-refractivity contribution < 1.29 is 0 Å². The highest BCUT2D eigenvalue weighted by Crippen LogP contribution is 2.65. The zero-order valence-electron chi connectivity index (χ0n) is 8.35. The molecule has 4 saturated carbocycles. The fourth-order valence-corrected chi connectivity index (χ4v) is 6.94. The molecule has 0 aromatic rings. The second-order valence-electron chi connectivity index (χ2n) is 5.73. The van der Waals surface area contributed by atoms with E-state index in [0.29, 0.717) is 5.04 Å². The van der Waals surface area contributed by atoms with E-state index in [1.807, 2.05) is 0 Å². The first kappa shape index (κ1) is 8.79. The molecule has 4 aliphatic carbocycles. The summed E-state index contributed by atoms with van der Waals surface area (Å²) in [5.74, 6) is 3.22. The van der Waals surface area contributed by atoms with Crippen LogP contribution in [0.5, 0.6) is 0 Å². The molecule has 0 aromatic carbocycles. The van der Waals surface area contributed by atoms with Crippen molar-refractivity contribution in [2.24, 2.45) is 17.8 Å². The monoisotopic (exact) mass is 213 g/mol. The van der Waals surface area contributed by atoms with Crippen LogP contribution in [0.15, 0.2) is 0 Å². The van der Waals surface area contributed by atoms with Gasteiger partial charge in [0.15, 0.2) is 8.11 Å². The minimum Gasteiger partial charge on any atom is -0.169 e. The third-order valence-electron chi connectivity index (χ3n) is 4.77. The van der Waals surface area contributed by atoms with Crippen LogP contribution in [0.3, 0.4) is 0 Å². The molecule has 0 unspecified atom stereocenters. The molecule has 0 atom stereocenters. The summed E-state index contributed by atoms with van der Waals surface area (Å²) >= 11 is 6.50. The van der Waals surface area contributed by atoms with Gasteiger partial charge in [-0.15, -0.1) is 0 Å². The molecule has 0 N–H and O–H groups in total. The summed E-state index contributed by atoms with van der Waals surface area (Å²) in [5.41, 5.74) is 0. The largest absolute Gasteiger partial charge is 0.169 e. The molecule has 1 radical (unpaired) electrons. The van der Waals surface area contributed by atoms with E-state index in [1.165, 1.54) is 19.3 Å². The first-order valence-corrected chi connectivity index (χ1v) is 8.69. The fourth-order valence-electron chi connectivity index (χ4n) is 4.53. The Morgan fingerprint density at radius 1 is 1.00 bits per heavy atom. The van der Waals surface area contributed by atoms with Gasteiger partial charge in [0.05, 0.1) is 0 Å². The molecule has 4 aliphatic rings. The second-order valence-corrected chi connectivity index (χ2v) is 9.56. The topological polar surface area (TPSA) is 0 Å². The molecule has 4 fully saturated rings. The van der Waals surface area contributed by atoms with E-state index in [9.17, 15) is 0 Å². The lowest BCUT2D eigenvalue weighted by molar-refractivity contribution is 0.0281. The van der Waals surface area contributed by atoms with Gasteiger partial charge in [0.25, 0.3) is 0 Å². The third-order valence-corrected chi connectivity index (χ3v) is 8.05. The van der Waals surface area contributed by atoms with Crippen molar-refractivity contribution in [2.45, 2.75) is 50.1 Å². The Bertz CT molecular complexity index is 189. The van der Waals surface area contributed by atoms with Gasteiger partial charge in [-0.2, -0.15) is 11.1 Å². The quantitative estimate of drug-likeness (QED) is 0.459. The van der Waals surface area contributed by atoms with Crippen molar-refractivity contribution in [3.8, 4) is 0 Å². The predicted octanol–water partition coefficient (Wildman–Crippen LogP) is 3.82. The van der Waals surface area contributed by atoms with Crippen molar-refractivity contribution in [1.29, 1.82) is 0 Å². The molecule has 0 spiro atoms. The van der Waals surface area contributed by atoms with E-state index in [4.69, 9.17) is 11.1 Å². The highest BCUT2D eigenvalue weighted by Gasteiger charge is 2.53. The van der Waals surface area contributed by atoms with Gasteiger partial charge in [-0.1, -0.05) is 6.55 Å². The lowest BCUT2D eigenvalue weighted by atomic mass is 9.56. The zero-order valence-corrected chi connectivity index (χ0v) is 10.1. The molecule has 0 nitrogen and oxygen atoms in total. The first-order chi connectivity index (χ1) is 6.18. The Balaban J connectivity index is 1.91. The summed E-state index contributed by atoms with van der Waals surface area (Å²) in [7, 11) is -0.557. The van der Waals surface area contributed by atoms with Crippen LogP contribution in [0.25, 0.3) is 0 Å². The number of rotatable bonds is 1. The van der Waals surface area contributed by atoms with Crippen LogP contribution in [0.2, 0.25) is 11.6 Å². The summed E-state index contributed by atoms with van der Waals surface area (Å²) in [5, 5.41) is 0.668. The van der Waals surface area contributed by atoms with Gasteiger partial charge in [0, 0.05) is 0 Å². The Morgan fingerprint density at radius 3 is 1.69 bits per heavy atom. The molecule has 0 aliphatic heterocycles. The van der Waals surface area contributed by atoms with E-state index >= 15 is 0 Å². The van der Waals surface area contributed by atoms with Crippen molar-refractivity contribution >= 4 is 19.2 Å². The van der Waals surface area contributed by atoms with Crippen LogP contribution in [0, 0.1) is 17.8 Å². The summed E-state index contributed by atoms with van der Waals surface area (Å²) in [6.07, 6.45) is 9.12. The van der Waals surface area contributed by atoms with Gasteiger partial charge < -0.3 is 0 Å². The minimum absolute atomic E-state index is 0.557. The Kier molecular flexibility index (Phi) is 1.86. The Labute approximate surface area is 87.4 Å². The van der Waals surface area contributed by atoms with Crippen molar-refractivity contribution in [3.63, 3.8) is 0 Å². The lowest BCUT2D eigenvalue weighted by Gasteiger charge is -2.57. The summed E-state index contributed by atoms with van der Waals surface area (Å²) < 4.78 is 0. The molecule has 13 heavy (non-hydrogen) atoms. The van der Waals surface area contributed by atoms with Gasteiger partial charge in [0.1, 0.15) is 0 Å². The molecule has 0 heterocycles. The minimum atomic E-state index is -0.557. The van der Waals surface area contributed by atoms with Gasteiger partial charge in [-0.25, -0.2) is 0 Å². The van der Waals surface area contributed by atoms with Gasteiger partial charge in [-0.05, 0) is 61.3 Å². The van der Waals surface area contributed by atoms with Crippen LogP contribution in [0.1, 0.15) is 38.5 Å². The maximum absolute atomic E-state index is 6.50. The van der Waals surface area contributed by atoms with Gasteiger partial charge in [0.2, 0.25) is 0 Å². The molecule has 0 aromatic heterocycles. The van der Waals surface area contributed by atoms with Crippen LogP contribution < -0.4 is 0 Å². The summed E-state index contributed by atoms with van der Waals surface area (Å²) in [6.45, 7) is 2.33. The fraction of sp³-hybridized carbons (Fsp3) is 1.00. The van der Waals surface area contributed by atoms with Crippen LogP contribution in [-0.2, 0) is 0 Å². The first-order valence-electron chi connectivity index (χ1n) is 5.67. The molecule has 4 rings (SSSR count). The average Bonchev–Trinajstić information content (AvgIpc) is 2.00. The summed E-state index contributed by atoms with van der Waals surface area (Å²) in [6, 6.07) is 0. The standard InChI is InChI=1S/C11H18ClSi/c1-13(12)11-5-8-2-9(6-11)4-10(3-8)7-11/h8-10H,2-7H2,1H3. The lowest BCUT2D eigenvalue weighted by Crippen LogP contribution is -2.46. The zero-order chi connectivity index (χ0) is 9.05. The van der Waals surface area contributed by atoms with E-state index in [2.05, 4.69) is 6.55 Å². The highest BCUT2D eigenvalue weighted by atomic mass is 35.6. The van der Waals surface area contributed by atoms with Crippen LogP contribution >= 0.6 is 11.1 Å². The number of hydrogen-bond acceptors (Lipinski definition) is 0. The Hall–Kier alpha value is 0.507. The maximum atomic E-state index is 6.50. The molecular weight excluding hydrogens is 196 g/mol. The van der Waals surface area contributed by atoms with Crippen LogP contribution in [-0.4, -0.2) is 8.11 Å². The third kappa shape index (κ3) is 1.23. The van der Waals surface area contributed by atoms with Crippen molar-refractivity contribution in [2.75, 3.05) is 0 Å². The molecule has 0 saturated heterocycles. The number of hydrogen-bond donors (Lipinski definition) is 0. The SMILES string of the molecule is C[Si](Cl)C12CC3CC(CC(C3)C1)C2. The normalized spacial score (nSPS) is 53.3. The summed E-state index contributed by atoms with van der Waals surface area (Å²) in [4.78, 5) is 0. The average molecular weight is 214 g/mol. The van der Waals surface area contributed by atoms with Gasteiger partial charge in [-0.3, -0.25) is 0 Å². The van der Waals surface area contributed by atoms with E-state index < -0.39 is 8.11 Å². The smallest absolute Gasteiger partial charge is 0.168 e. The Morgan fingerprint density at radius 2 is 1.38 bits per heavy atom. The molecule has 0 amide bonds. The van der Waals surface area contributed by atoms with Crippen molar-refractivity contribution in [3.05, 3.63) is 0 Å². The van der Waals surface area contributed by atoms with Crippen LogP contribution in [0.4, 0.5) is 0 Å².